The fourth-order valence-electron chi connectivity index (χ4n) is 3.46. The van der Waals surface area contributed by atoms with Gasteiger partial charge in [0.1, 0.15) is 11.5 Å². The minimum Gasteiger partial charge on any atom is -0.493 e. The van der Waals surface area contributed by atoms with E-state index in [0.717, 1.165) is 17.7 Å². The number of hydrogen-bond acceptors (Lipinski definition) is 4. The summed E-state index contributed by atoms with van der Waals surface area (Å²) in [6, 6.07) is 15.1. The molecule has 176 valence electrons. The number of nitrogens with zero attached hydrogens (tertiary/aromatic N) is 2. The maximum Gasteiger partial charge on any atom is 0.347 e. The molecule has 0 aliphatic carbocycles. The molecule has 0 saturated carbocycles. The van der Waals surface area contributed by atoms with Crippen molar-refractivity contribution in [1.29, 1.82) is 0 Å². The first-order chi connectivity index (χ1) is 15.7. The predicted molar refractivity (Wildman–Crippen MR) is 127 cm³/mol. The fourth-order valence-corrected chi connectivity index (χ4v) is 3.46. The van der Waals surface area contributed by atoms with E-state index in [4.69, 9.17) is 9.47 Å². The second-order valence-corrected chi connectivity index (χ2v) is 8.66. The van der Waals surface area contributed by atoms with Crippen molar-refractivity contribution in [2.45, 2.75) is 59.2 Å². The summed E-state index contributed by atoms with van der Waals surface area (Å²) in [6.45, 7) is 8.72. The van der Waals surface area contributed by atoms with Crippen molar-refractivity contribution in [2.75, 3.05) is 6.61 Å². The summed E-state index contributed by atoms with van der Waals surface area (Å²) in [6.07, 6.45) is 3.39. The zero-order chi connectivity index (χ0) is 24.0. The van der Waals surface area contributed by atoms with Crippen LogP contribution in [-0.4, -0.2) is 32.4 Å². The van der Waals surface area contributed by atoms with E-state index in [-0.39, 0.29) is 5.69 Å². The highest BCUT2D eigenvalue weighted by Gasteiger charge is 2.29. The van der Waals surface area contributed by atoms with Gasteiger partial charge >= 0.3 is 11.7 Å². The van der Waals surface area contributed by atoms with E-state index < -0.39 is 11.6 Å². The van der Waals surface area contributed by atoms with Crippen LogP contribution in [-0.2, 0) is 24.3 Å². The van der Waals surface area contributed by atoms with Crippen molar-refractivity contribution >= 4 is 5.97 Å². The monoisotopic (exact) mass is 452 g/mol. The lowest BCUT2D eigenvalue weighted by atomic mass is 10.1. The first-order valence-electron chi connectivity index (χ1n) is 11.2. The molecule has 0 aliphatic rings. The van der Waals surface area contributed by atoms with E-state index in [1.165, 1.54) is 19.4 Å². The lowest BCUT2D eigenvalue weighted by molar-refractivity contribution is -0.152. The second-order valence-electron chi connectivity index (χ2n) is 8.66. The third-order valence-corrected chi connectivity index (χ3v) is 5.39. The van der Waals surface area contributed by atoms with Gasteiger partial charge in [0, 0.05) is 24.9 Å². The van der Waals surface area contributed by atoms with Crippen LogP contribution in [0.5, 0.6) is 11.5 Å². The SMILES string of the molecule is CCCn1c(CCOc2ccc(OC(C)(C)C(=O)O)cc2)cn(Cc2ccc(C)cc2)c1=O. The summed E-state index contributed by atoms with van der Waals surface area (Å²) in [5.74, 6) is 0.0777. The maximum atomic E-state index is 12.9. The average Bonchev–Trinajstić information content (AvgIpc) is 3.05. The van der Waals surface area contributed by atoms with E-state index in [2.05, 4.69) is 19.1 Å². The largest absolute Gasteiger partial charge is 0.493 e. The van der Waals surface area contributed by atoms with Crippen molar-refractivity contribution in [1.82, 2.24) is 9.13 Å². The zero-order valence-corrected chi connectivity index (χ0v) is 19.7. The molecule has 1 N–H and O–H groups in total. The van der Waals surface area contributed by atoms with Gasteiger partial charge in [0.05, 0.1) is 13.2 Å². The van der Waals surface area contributed by atoms with Crippen LogP contribution >= 0.6 is 0 Å². The van der Waals surface area contributed by atoms with Gasteiger partial charge in [-0.15, -0.1) is 0 Å². The minimum absolute atomic E-state index is 0.00466. The highest BCUT2D eigenvalue weighted by molar-refractivity contribution is 5.76. The molecule has 7 heteroatoms. The number of carboxylic acids is 1. The van der Waals surface area contributed by atoms with Gasteiger partial charge in [-0.2, -0.15) is 0 Å². The van der Waals surface area contributed by atoms with Crippen molar-refractivity contribution < 1.29 is 19.4 Å². The van der Waals surface area contributed by atoms with Crippen molar-refractivity contribution in [3.8, 4) is 11.5 Å². The Morgan fingerprint density at radius 3 is 2.27 bits per heavy atom. The van der Waals surface area contributed by atoms with Crippen LogP contribution in [0.2, 0.25) is 0 Å². The third-order valence-electron chi connectivity index (χ3n) is 5.39. The summed E-state index contributed by atoms with van der Waals surface area (Å²) in [5, 5.41) is 9.18. The normalized spacial score (nSPS) is 11.4. The highest BCUT2D eigenvalue weighted by Crippen LogP contribution is 2.22. The van der Waals surface area contributed by atoms with Crippen LogP contribution in [0.25, 0.3) is 0 Å². The molecule has 33 heavy (non-hydrogen) atoms. The van der Waals surface area contributed by atoms with E-state index in [0.29, 0.717) is 37.6 Å². The number of aromatic nitrogens is 2. The molecule has 0 amide bonds. The van der Waals surface area contributed by atoms with Crippen molar-refractivity contribution in [3.63, 3.8) is 0 Å². The van der Waals surface area contributed by atoms with Gasteiger partial charge in [0.2, 0.25) is 0 Å². The van der Waals surface area contributed by atoms with E-state index in [1.807, 2.05) is 29.8 Å². The summed E-state index contributed by atoms with van der Waals surface area (Å²) in [7, 11) is 0. The van der Waals surface area contributed by atoms with Gasteiger partial charge in [-0.05, 0) is 57.0 Å². The van der Waals surface area contributed by atoms with Crippen LogP contribution in [0.15, 0.2) is 59.5 Å². The molecule has 0 saturated heterocycles. The Hall–Kier alpha value is -3.48. The number of imidazole rings is 1. The van der Waals surface area contributed by atoms with Crippen LogP contribution < -0.4 is 15.2 Å². The smallest absolute Gasteiger partial charge is 0.347 e. The molecule has 0 bridgehead atoms. The number of aliphatic carboxylic acids is 1. The predicted octanol–water partition coefficient (Wildman–Crippen LogP) is 4.28. The van der Waals surface area contributed by atoms with Crippen LogP contribution in [0.4, 0.5) is 0 Å². The molecule has 7 nitrogen and oxygen atoms in total. The van der Waals surface area contributed by atoms with Crippen LogP contribution in [0.1, 0.15) is 44.0 Å². The van der Waals surface area contributed by atoms with E-state index in [9.17, 15) is 14.7 Å². The first-order valence-corrected chi connectivity index (χ1v) is 11.2. The Bertz CT molecular complexity index is 1120. The Kier molecular flexibility index (Phi) is 7.63. The van der Waals surface area contributed by atoms with Gasteiger partial charge in [-0.1, -0.05) is 36.8 Å². The van der Waals surface area contributed by atoms with Gasteiger partial charge in [-0.25, -0.2) is 9.59 Å². The summed E-state index contributed by atoms with van der Waals surface area (Å²) < 4.78 is 14.9. The van der Waals surface area contributed by atoms with Crippen LogP contribution in [0, 0.1) is 6.92 Å². The molecule has 0 unspecified atom stereocenters. The summed E-state index contributed by atoms with van der Waals surface area (Å²) >= 11 is 0. The Labute approximate surface area is 194 Å². The Balaban J connectivity index is 1.64. The standard InChI is InChI=1S/C26H32N2O5/c1-5-15-28-21(18-27(25(28)31)17-20-8-6-19(2)7-9-20)14-16-32-22-10-12-23(13-11-22)33-26(3,4)24(29)30/h6-13,18H,5,14-17H2,1-4H3,(H,29,30). The average molecular weight is 453 g/mol. The topological polar surface area (TPSA) is 82.7 Å². The van der Waals surface area contributed by atoms with Crippen LogP contribution in [0.3, 0.4) is 0 Å². The van der Waals surface area contributed by atoms with Crippen molar-refractivity contribution in [3.05, 3.63) is 82.0 Å². The van der Waals surface area contributed by atoms with Gasteiger partial charge in [-0.3, -0.25) is 9.13 Å². The zero-order valence-electron chi connectivity index (χ0n) is 19.7. The molecule has 2 aromatic carbocycles. The number of rotatable bonds is 11. The van der Waals surface area contributed by atoms with E-state index in [1.54, 1.807) is 28.8 Å². The minimum atomic E-state index is -1.31. The number of aryl methyl sites for hydroxylation is 1. The highest BCUT2D eigenvalue weighted by atomic mass is 16.5. The molecule has 0 radical (unpaired) electrons. The molecule has 3 aromatic rings. The molecule has 0 spiro atoms. The fraction of sp³-hybridized carbons (Fsp3) is 0.385. The van der Waals surface area contributed by atoms with Gasteiger partial charge < -0.3 is 14.6 Å². The molecule has 3 rings (SSSR count). The molecule has 0 aliphatic heterocycles. The lowest BCUT2D eigenvalue weighted by Crippen LogP contribution is -2.37. The maximum absolute atomic E-state index is 12.9. The molecular formula is C26H32N2O5. The van der Waals surface area contributed by atoms with Crippen molar-refractivity contribution in [2.24, 2.45) is 0 Å². The third kappa shape index (κ3) is 6.28. The molecule has 1 heterocycles. The molecule has 0 fully saturated rings. The molecule has 0 atom stereocenters. The number of ether oxygens (including phenoxy) is 2. The molecule has 1 aromatic heterocycles. The number of benzene rings is 2. The Morgan fingerprint density at radius 1 is 1.03 bits per heavy atom. The van der Waals surface area contributed by atoms with Gasteiger partial charge in [0.25, 0.3) is 0 Å². The quantitative estimate of drug-likeness (QED) is 0.470. The first kappa shape index (κ1) is 24.2. The second kappa shape index (κ2) is 10.4. The lowest BCUT2D eigenvalue weighted by Gasteiger charge is -2.21. The van der Waals surface area contributed by atoms with E-state index >= 15 is 0 Å². The van der Waals surface area contributed by atoms with Gasteiger partial charge in [0.15, 0.2) is 5.60 Å². The summed E-state index contributed by atoms with van der Waals surface area (Å²) in [4.78, 5) is 24.1. The number of hydrogen-bond donors (Lipinski definition) is 1. The molecular weight excluding hydrogens is 420 g/mol. The number of carboxylic acid groups (broad SMARTS) is 1. The summed E-state index contributed by atoms with van der Waals surface area (Å²) in [5.41, 5.74) is 1.91. The number of carbonyl (C=O) groups is 1. The Morgan fingerprint density at radius 2 is 1.67 bits per heavy atom.